The zero-order chi connectivity index (χ0) is 17.4. The smallest absolute Gasteiger partial charge is 0.291 e. The third-order valence-electron chi connectivity index (χ3n) is 3.39. The van der Waals surface area contributed by atoms with E-state index in [0.717, 1.165) is 18.5 Å². The van der Waals surface area contributed by atoms with Crippen LogP contribution in [0.2, 0.25) is 0 Å². The summed E-state index contributed by atoms with van der Waals surface area (Å²) in [6.07, 6.45) is 2.51. The molecule has 2 rings (SSSR count). The number of rotatable bonds is 7. The van der Waals surface area contributed by atoms with Crippen molar-refractivity contribution in [2.45, 2.75) is 26.8 Å². The van der Waals surface area contributed by atoms with Crippen LogP contribution in [0.5, 0.6) is 0 Å². The minimum atomic E-state index is -0.282. The average molecular weight is 328 g/mol. The highest BCUT2D eigenvalue weighted by molar-refractivity contribution is 6.02. The van der Waals surface area contributed by atoms with Gasteiger partial charge in [0, 0.05) is 12.2 Å². The van der Waals surface area contributed by atoms with Gasteiger partial charge in [0.05, 0.1) is 12.8 Å². The fourth-order valence-corrected chi connectivity index (χ4v) is 2.07. The van der Waals surface area contributed by atoms with Crippen LogP contribution in [0.25, 0.3) is 0 Å². The second kappa shape index (κ2) is 8.76. The molecule has 24 heavy (non-hydrogen) atoms. The lowest BCUT2D eigenvalue weighted by molar-refractivity contribution is 0.0996. The number of hydrogen-bond acceptors (Lipinski definition) is 3. The van der Waals surface area contributed by atoms with Gasteiger partial charge in [0.2, 0.25) is 0 Å². The normalized spacial score (nSPS) is 11.5. The SMILES string of the molecule is CC(C)CCNC(N)=NCc1cccc(NC(=O)c2ccco2)c1. The van der Waals surface area contributed by atoms with Gasteiger partial charge in [0.1, 0.15) is 0 Å². The molecule has 1 amide bonds. The van der Waals surface area contributed by atoms with Crippen molar-refractivity contribution in [3.8, 4) is 0 Å². The van der Waals surface area contributed by atoms with E-state index in [0.29, 0.717) is 24.1 Å². The zero-order valence-corrected chi connectivity index (χ0v) is 14.1. The molecule has 0 saturated carbocycles. The quantitative estimate of drug-likeness (QED) is 0.538. The molecule has 1 aromatic heterocycles. The minimum absolute atomic E-state index is 0.275. The van der Waals surface area contributed by atoms with Gasteiger partial charge < -0.3 is 20.8 Å². The maximum absolute atomic E-state index is 12.0. The molecule has 0 atom stereocenters. The molecule has 0 aliphatic rings. The number of furan rings is 1. The first kappa shape index (κ1) is 17.6. The number of carbonyl (C=O) groups is 1. The summed E-state index contributed by atoms with van der Waals surface area (Å²) in [5, 5.41) is 5.89. The highest BCUT2D eigenvalue weighted by atomic mass is 16.3. The van der Waals surface area contributed by atoms with Crippen LogP contribution in [-0.2, 0) is 6.54 Å². The van der Waals surface area contributed by atoms with E-state index in [1.165, 1.54) is 6.26 Å². The second-order valence-corrected chi connectivity index (χ2v) is 5.94. The number of nitrogens with one attached hydrogen (secondary N) is 2. The van der Waals surface area contributed by atoms with E-state index in [4.69, 9.17) is 10.2 Å². The second-order valence-electron chi connectivity index (χ2n) is 5.94. The summed E-state index contributed by atoms with van der Waals surface area (Å²) in [7, 11) is 0. The van der Waals surface area contributed by atoms with Crippen LogP contribution in [-0.4, -0.2) is 18.4 Å². The van der Waals surface area contributed by atoms with Crippen LogP contribution >= 0.6 is 0 Å². The van der Waals surface area contributed by atoms with Crippen LogP contribution in [0.15, 0.2) is 52.1 Å². The number of carbonyl (C=O) groups excluding carboxylic acids is 1. The molecule has 6 nitrogen and oxygen atoms in total. The molecule has 1 aromatic carbocycles. The Morgan fingerprint density at radius 2 is 2.12 bits per heavy atom. The molecular formula is C18H24N4O2. The van der Waals surface area contributed by atoms with Gasteiger partial charge in [-0.05, 0) is 42.2 Å². The average Bonchev–Trinajstić information content (AvgIpc) is 3.07. The number of hydrogen-bond donors (Lipinski definition) is 3. The van der Waals surface area contributed by atoms with Crippen molar-refractivity contribution in [2.75, 3.05) is 11.9 Å². The van der Waals surface area contributed by atoms with E-state index in [2.05, 4.69) is 29.5 Å². The van der Waals surface area contributed by atoms with E-state index in [-0.39, 0.29) is 11.7 Å². The Bertz CT molecular complexity index is 678. The fraction of sp³-hybridized carbons (Fsp3) is 0.333. The lowest BCUT2D eigenvalue weighted by Gasteiger charge is -2.08. The first-order chi connectivity index (χ1) is 11.5. The molecule has 128 valence electrons. The highest BCUT2D eigenvalue weighted by Gasteiger charge is 2.08. The van der Waals surface area contributed by atoms with Gasteiger partial charge in [-0.15, -0.1) is 0 Å². The van der Waals surface area contributed by atoms with E-state index >= 15 is 0 Å². The number of benzene rings is 1. The Morgan fingerprint density at radius 3 is 2.83 bits per heavy atom. The molecule has 2 aromatic rings. The molecule has 0 aliphatic heterocycles. The molecule has 6 heteroatoms. The Hall–Kier alpha value is -2.76. The number of nitrogens with zero attached hydrogens (tertiary/aromatic N) is 1. The Labute approximate surface area is 142 Å². The third-order valence-corrected chi connectivity index (χ3v) is 3.39. The van der Waals surface area contributed by atoms with Crippen molar-refractivity contribution in [1.29, 1.82) is 0 Å². The number of aliphatic imine (C=N–C) groups is 1. The summed E-state index contributed by atoms with van der Waals surface area (Å²) in [6, 6.07) is 10.8. The molecule has 0 aliphatic carbocycles. The summed E-state index contributed by atoms with van der Waals surface area (Å²) >= 11 is 0. The molecule has 0 fully saturated rings. The van der Waals surface area contributed by atoms with Gasteiger partial charge >= 0.3 is 0 Å². The van der Waals surface area contributed by atoms with Crippen molar-refractivity contribution in [2.24, 2.45) is 16.6 Å². The summed E-state index contributed by atoms with van der Waals surface area (Å²) in [6.45, 7) is 5.59. The van der Waals surface area contributed by atoms with Gasteiger partial charge in [0.25, 0.3) is 5.91 Å². The van der Waals surface area contributed by atoms with Crippen LogP contribution in [0.4, 0.5) is 5.69 Å². The Morgan fingerprint density at radius 1 is 1.29 bits per heavy atom. The monoisotopic (exact) mass is 328 g/mol. The van der Waals surface area contributed by atoms with Gasteiger partial charge in [-0.1, -0.05) is 26.0 Å². The first-order valence-corrected chi connectivity index (χ1v) is 8.02. The lowest BCUT2D eigenvalue weighted by Crippen LogP contribution is -2.32. The maximum atomic E-state index is 12.0. The largest absolute Gasteiger partial charge is 0.459 e. The van der Waals surface area contributed by atoms with Crippen LogP contribution in [0.1, 0.15) is 36.4 Å². The zero-order valence-electron chi connectivity index (χ0n) is 14.1. The standard InChI is InChI=1S/C18H24N4O2/c1-13(2)8-9-20-18(19)21-12-14-5-3-6-15(11-14)22-17(23)16-7-4-10-24-16/h3-7,10-11,13H,8-9,12H2,1-2H3,(H,22,23)(H3,19,20,21). The molecule has 1 heterocycles. The Balaban J connectivity index is 1.89. The van der Waals surface area contributed by atoms with Gasteiger partial charge in [-0.3, -0.25) is 4.79 Å². The number of nitrogens with two attached hydrogens (primary N) is 1. The number of anilines is 1. The van der Waals surface area contributed by atoms with Gasteiger partial charge in [0.15, 0.2) is 11.7 Å². The van der Waals surface area contributed by atoms with E-state index in [1.807, 2.05) is 24.3 Å². The predicted octanol–water partition coefficient (Wildman–Crippen LogP) is 2.98. The molecule has 0 bridgehead atoms. The fourth-order valence-electron chi connectivity index (χ4n) is 2.07. The van der Waals surface area contributed by atoms with Crippen molar-refractivity contribution in [3.63, 3.8) is 0 Å². The Kier molecular flexibility index (Phi) is 6.42. The number of amides is 1. The van der Waals surface area contributed by atoms with E-state index < -0.39 is 0 Å². The first-order valence-electron chi connectivity index (χ1n) is 8.02. The van der Waals surface area contributed by atoms with Crippen LogP contribution < -0.4 is 16.4 Å². The molecule has 4 N–H and O–H groups in total. The summed E-state index contributed by atoms with van der Waals surface area (Å²) in [5.74, 6) is 1.05. The molecule has 0 spiro atoms. The molecule has 0 saturated heterocycles. The van der Waals surface area contributed by atoms with Crippen molar-refractivity contribution in [3.05, 3.63) is 54.0 Å². The van der Waals surface area contributed by atoms with E-state index in [9.17, 15) is 4.79 Å². The summed E-state index contributed by atoms with van der Waals surface area (Å²) in [4.78, 5) is 16.3. The topological polar surface area (TPSA) is 92.6 Å². The minimum Gasteiger partial charge on any atom is -0.459 e. The predicted molar refractivity (Wildman–Crippen MR) is 95.9 cm³/mol. The van der Waals surface area contributed by atoms with Crippen LogP contribution in [0, 0.1) is 5.92 Å². The maximum Gasteiger partial charge on any atom is 0.291 e. The molecule has 0 radical (unpaired) electrons. The van der Waals surface area contributed by atoms with Crippen molar-refractivity contribution >= 4 is 17.6 Å². The number of guanidine groups is 1. The van der Waals surface area contributed by atoms with Gasteiger partial charge in [-0.2, -0.15) is 0 Å². The van der Waals surface area contributed by atoms with E-state index in [1.54, 1.807) is 12.1 Å². The van der Waals surface area contributed by atoms with Crippen molar-refractivity contribution < 1.29 is 9.21 Å². The van der Waals surface area contributed by atoms with Crippen molar-refractivity contribution in [1.82, 2.24) is 5.32 Å². The summed E-state index contributed by atoms with van der Waals surface area (Å²) < 4.78 is 5.07. The molecule has 0 unspecified atom stereocenters. The molecular weight excluding hydrogens is 304 g/mol. The lowest BCUT2D eigenvalue weighted by atomic mass is 10.1. The third kappa shape index (κ3) is 5.79. The highest BCUT2D eigenvalue weighted by Crippen LogP contribution is 2.13. The van der Waals surface area contributed by atoms with Crippen LogP contribution in [0.3, 0.4) is 0 Å². The van der Waals surface area contributed by atoms with Gasteiger partial charge in [-0.25, -0.2) is 4.99 Å². The summed E-state index contributed by atoms with van der Waals surface area (Å²) in [5.41, 5.74) is 7.50.